The molecule has 3 aromatic rings. The third kappa shape index (κ3) is 7.96. The zero-order chi connectivity index (χ0) is 31.9. The maximum absolute atomic E-state index is 13.7. The number of aryl methyl sites for hydroxylation is 1. The number of likely N-dealkylation sites (tertiary alicyclic amines) is 1. The van der Waals surface area contributed by atoms with E-state index in [1.54, 1.807) is 12.1 Å². The molecule has 236 valence electrons. The van der Waals surface area contributed by atoms with E-state index in [9.17, 15) is 28.6 Å². The van der Waals surface area contributed by atoms with E-state index >= 15 is 0 Å². The van der Waals surface area contributed by atoms with E-state index in [0.29, 0.717) is 24.2 Å². The molecule has 0 aliphatic carbocycles. The SMILES string of the molecule is COCC(F)(F)COCc1ccc([C@@]2(O)CCN(C(=O)O)C[C@@H]2c2ccc(-c3ccccc3CCNC(C)=O)cc2C)cn1. The lowest BCUT2D eigenvalue weighted by Gasteiger charge is -2.44. The van der Waals surface area contributed by atoms with Gasteiger partial charge in [-0.15, -0.1) is 0 Å². The first-order valence-corrected chi connectivity index (χ1v) is 14.5. The van der Waals surface area contributed by atoms with Crippen LogP contribution in [0.4, 0.5) is 13.6 Å². The van der Waals surface area contributed by atoms with Crippen LogP contribution in [0.3, 0.4) is 0 Å². The highest BCUT2D eigenvalue weighted by atomic mass is 19.3. The van der Waals surface area contributed by atoms with Crippen LogP contribution in [0.15, 0.2) is 60.8 Å². The zero-order valence-corrected chi connectivity index (χ0v) is 25.2. The molecule has 3 N–H and O–H groups in total. The van der Waals surface area contributed by atoms with Gasteiger partial charge in [-0.3, -0.25) is 9.78 Å². The summed E-state index contributed by atoms with van der Waals surface area (Å²) in [5.74, 6) is -3.79. The van der Waals surface area contributed by atoms with Crippen molar-refractivity contribution in [2.24, 2.45) is 0 Å². The highest BCUT2D eigenvalue weighted by Crippen LogP contribution is 2.45. The highest BCUT2D eigenvalue weighted by molar-refractivity contribution is 5.73. The Bertz CT molecular complexity index is 1450. The van der Waals surface area contributed by atoms with Gasteiger partial charge in [0.05, 0.1) is 12.3 Å². The number of pyridine rings is 1. The van der Waals surface area contributed by atoms with E-state index < -0.39 is 36.7 Å². The predicted molar refractivity (Wildman–Crippen MR) is 161 cm³/mol. The fraction of sp³-hybridized carbons (Fsp3) is 0.424. The molecule has 0 saturated carbocycles. The molecule has 2 aromatic carbocycles. The first kappa shape index (κ1) is 33.0. The Morgan fingerprint density at radius 1 is 1.16 bits per heavy atom. The number of hydrogen-bond acceptors (Lipinski definition) is 6. The lowest BCUT2D eigenvalue weighted by Crippen LogP contribution is -2.50. The van der Waals surface area contributed by atoms with Crippen LogP contribution in [0.2, 0.25) is 0 Å². The monoisotopic (exact) mass is 611 g/mol. The molecule has 2 atom stereocenters. The normalized spacial score (nSPS) is 18.7. The lowest BCUT2D eigenvalue weighted by molar-refractivity contribution is -0.119. The van der Waals surface area contributed by atoms with Gasteiger partial charge in [0.25, 0.3) is 5.92 Å². The molecule has 4 rings (SSSR count). The number of amides is 2. The van der Waals surface area contributed by atoms with E-state index in [1.807, 2.05) is 49.4 Å². The van der Waals surface area contributed by atoms with Crippen LogP contribution in [0.1, 0.15) is 47.2 Å². The van der Waals surface area contributed by atoms with Crippen molar-refractivity contribution < 1.29 is 38.1 Å². The molecule has 1 aromatic heterocycles. The Morgan fingerprint density at radius 3 is 2.59 bits per heavy atom. The van der Waals surface area contributed by atoms with E-state index in [4.69, 9.17) is 4.74 Å². The van der Waals surface area contributed by atoms with E-state index in [1.165, 1.54) is 25.1 Å². The second kappa shape index (κ2) is 14.2. The van der Waals surface area contributed by atoms with Gasteiger partial charge in [0.15, 0.2) is 0 Å². The van der Waals surface area contributed by atoms with E-state index in [0.717, 1.165) is 27.8 Å². The van der Waals surface area contributed by atoms with Crippen molar-refractivity contribution >= 4 is 12.0 Å². The molecule has 0 radical (unpaired) electrons. The number of aromatic nitrogens is 1. The quantitative estimate of drug-likeness (QED) is 0.267. The van der Waals surface area contributed by atoms with Crippen LogP contribution >= 0.6 is 0 Å². The summed E-state index contributed by atoms with van der Waals surface area (Å²) in [6.45, 7) is 2.48. The number of rotatable bonds is 12. The van der Waals surface area contributed by atoms with Crippen LogP contribution < -0.4 is 5.32 Å². The van der Waals surface area contributed by atoms with Gasteiger partial charge in [-0.25, -0.2) is 13.6 Å². The fourth-order valence-corrected chi connectivity index (χ4v) is 5.77. The average molecular weight is 612 g/mol. The van der Waals surface area contributed by atoms with Crippen molar-refractivity contribution in [3.05, 3.63) is 88.7 Å². The number of nitrogens with one attached hydrogen (secondary N) is 1. The van der Waals surface area contributed by atoms with Gasteiger partial charge in [0, 0.05) is 51.3 Å². The molecule has 2 heterocycles. The van der Waals surface area contributed by atoms with Gasteiger partial charge in [-0.2, -0.15) is 0 Å². The van der Waals surface area contributed by atoms with Crippen LogP contribution in [0, 0.1) is 6.92 Å². The largest absolute Gasteiger partial charge is 0.465 e. The minimum Gasteiger partial charge on any atom is -0.465 e. The zero-order valence-electron chi connectivity index (χ0n) is 25.2. The molecule has 1 aliphatic rings. The molecule has 0 spiro atoms. The topological polar surface area (TPSA) is 121 Å². The van der Waals surface area contributed by atoms with Gasteiger partial charge in [0.1, 0.15) is 18.8 Å². The van der Waals surface area contributed by atoms with Gasteiger partial charge in [0.2, 0.25) is 5.91 Å². The Morgan fingerprint density at radius 2 is 1.93 bits per heavy atom. The number of nitrogens with zero attached hydrogens (tertiary/aromatic N) is 2. The van der Waals surface area contributed by atoms with Crippen molar-refractivity contribution in [2.75, 3.05) is 40.0 Å². The summed E-state index contributed by atoms with van der Waals surface area (Å²) in [7, 11) is 1.19. The minimum atomic E-state index is -3.11. The Kier molecular flexibility index (Phi) is 10.7. The molecule has 0 bridgehead atoms. The number of alkyl halides is 2. The Labute approximate surface area is 255 Å². The third-order valence-electron chi connectivity index (χ3n) is 8.00. The number of halogens is 2. The van der Waals surface area contributed by atoms with Crippen molar-refractivity contribution in [2.45, 2.75) is 50.7 Å². The molecule has 1 saturated heterocycles. The smallest absolute Gasteiger partial charge is 0.407 e. The Balaban J connectivity index is 1.59. The number of piperidine rings is 1. The average Bonchev–Trinajstić information content (AvgIpc) is 2.98. The van der Waals surface area contributed by atoms with Crippen molar-refractivity contribution in [3.63, 3.8) is 0 Å². The van der Waals surface area contributed by atoms with E-state index in [-0.39, 0.29) is 32.0 Å². The standard InChI is InChI=1S/C33H39F2N3O6/c1-22-16-25(29-7-5-4-6-24(29)12-14-36-23(2)39)8-11-28(22)30-18-38(31(40)41)15-13-33(30,42)26-9-10-27(37-17-26)19-44-21-32(34,35)20-43-3/h4-11,16-17,30,42H,12-15,18-21H2,1-3H3,(H,36,39)(H,40,41)/t30-,33+/m1/s1. The van der Waals surface area contributed by atoms with Crippen LogP contribution in [0.25, 0.3) is 11.1 Å². The first-order chi connectivity index (χ1) is 20.9. The summed E-state index contributed by atoms with van der Waals surface area (Å²) >= 11 is 0. The van der Waals surface area contributed by atoms with Crippen molar-refractivity contribution in [1.29, 1.82) is 0 Å². The number of methoxy groups -OCH3 is 1. The van der Waals surface area contributed by atoms with Gasteiger partial charge < -0.3 is 29.9 Å². The lowest BCUT2D eigenvalue weighted by atomic mass is 9.72. The fourth-order valence-electron chi connectivity index (χ4n) is 5.77. The highest BCUT2D eigenvalue weighted by Gasteiger charge is 2.45. The third-order valence-corrected chi connectivity index (χ3v) is 8.00. The number of aliphatic hydroxyl groups is 1. The number of carboxylic acid groups (broad SMARTS) is 1. The van der Waals surface area contributed by atoms with Crippen molar-refractivity contribution in [3.8, 4) is 11.1 Å². The maximum atomic E-state index is 13.7. The van der Waals surface area contributed by atoms with Gasteiger partial charge in [-0.1, -0.05) is 48.5 Å². The molecule has 9 nitrogen and oxygen atoms in total. The maximum Gasteiger partial charge on any atom is 0.407 e. The predicted octanol–water partition coefficient (Wildman–Crippen LogP) is 4.89. The van der Waals surface area contributed by atoms with Gasteiger partial charge in [-0.05, 0) is 53.6 Å². The number of ether oxygens (including phenoxy) is 2. The summed E-state index contributed by atoms with van der Waals surface area (Å²) in [4.78, 5) is 29.0. The summed E-state index contributed by atoms with van der Waals surface area (Å²) < 4.78 is 37.0. The number of benzene rings is 2. The van der Waals surface area contributed by atoms with Crippen LogP contribution in [-0.4, -0.2) is 78.0 Å². The molecule has 2 amide bonds. The summed E-state index contributed by atoms with van der Waals surface area (Å²) in [5.41, 5.74) is 4.29. The molecule has 0 unspecified atom stereocenters. The summed E-state index contributed by atoms with van der Waals surface area (Å²) in [5, 5.41) is 24.8. The molecule has 1 fully saturated rings. The molecule has 1 aliphatic heterocycles. The summed E-state index contributed by atoms with van der Waals surface area (Å²) in [6, 6.07) is 17.2. The number of carbonyl (C=O) groups is 2. The van der Waals surface area contributed by atoms with Crippen LogP contribution in [-0.2, 0) is 32.9 Å². The van der Waals surface area contributed by atoms with Crippen molar-refractivity contribution in [1.82, 2.24) is 15.2 Å². The Hall–Kier alpha value is -3.93. The van der Waals surface area contributed by atoms with Crippen LogP contribution in [0.5, 0.6) is 0 Å². The second-order valence-electron chi connectivity index (χ2n) is 11.2. The molecular weight excluding hydrogens is 572 g/mol. The molecular formula is C33H39F2N3O6. The summed E-state index contributed by atoms with van der Waals surface area (Å²) in [6.07, 6.45) is 1.26. The minimum absolute atomic E-state index is 0.0821. The number of hydrogen-bond donors (Lipinski definition) is 3. The first-order valence-electron chi connectivity index (χ1n) is 14.5. The second-order valence-corrected chi connectivity index (χ2v) is 11.2. The molecule has 11 heteroatoms. The molecule has 44 heavy (non-hydrogen) atoms. The van der Waals surface area contributed by atoms with Gasteiger partial charge >= 0.3 is 6.09 Å². The number of carbonyl (C=O) groups excluding carboxylic acids is 1. The van der Waals surface area contributed by atoms with E-state index in [2.05, 4.69) is 15.0 Å².